The number of urea groups is 1. The van der Waals surface area contributed by atoms with E-state index in [2.05, 4.69) is 27.0 Å². The van der Waals surface area contributed by atoms with E-state index < -0.39 is 0 Å². The van der Waals surface area contributed by atoms with Gasteiger partial charge in [0.25, 0.3) is 0 Å². The lowest BCUT2D eigenvalue weighted by Gasteiger charge is -2.12. The summed E-state index contributed by atoms with van der Waals surface area (Å²) in [4.78, 5) is 16.3. The molecule has 3 aromatic carbocycles. The number of carbonyl (C=O) groups is 1. The number of aromatic hydroxyl groups is 1. The highest BCUT2D eigenvalue weighted by molar-refractivity contribution is 5.99. The first kappa shape index (κ1) is 20.7. The van der Waals surface area contributed by atoms with Crippen LogP contribution in [-0.2, 0) is 6.42 Å². The molecule has 7 nitrogen and oxygen atoms in total. The van der Waals surface area contributed by atoms with Gasteiger partial charge in [-0.05, 0) is 48.4 Å². The molecule has 0 fully saturated rings. The highest BCUT2D eigenvalue weighted by Gasteiger charge is 2.09. The van der Waals surface area contributed by atoms with Crippen molar-refractivity contribution in [1.29, 1.82) is 5.26 Å². The van der Waals surface area contributed by atoms with E-state index in [1.165, 1.54) is 6.20 Å². The molecule has 0 saturated heterocycles. The minimum atomic E-state index is -0.301. The van der Waals surface area contributed by atoms with Gasteiger partial charge >= 0.3 is 6.03 Å². The summed E-state index contributed by atoms with van der Waals surface area (Å²) in [6.45, 7) is 0.607. The Balaban J connectivity index is 1.36. The average Bonchev–Trinajstić information content (AvgIpc) is 2.80. The third-order valence-corrected chi connectivity index (χ3v) is 4.93. The van der Waals surface area contributed by atoms with E-state index in [1.54, 1.807) is 18.2 Å². The lowest BCUT2D eigenvalue weighted by Crippen LogP contribution is -2.19. The van der Waals surface area contributed by atoms with Crippen molar-refractivity contribution in [3.05, 3.63) is 90.1 Å². The maximum Gasteiger partial charge on any atom is 0.323 e. The number of nitrogens with zero attached hydrogens (tertiary/aromatic N) is 2. The summed E-state index contributed by atoms with van der Waals surface area (Å²) in [5.41, 5.74) is 4.28. The maximum atomic E-state index is 12.1. The topological polar surface area (TPSA) is 110 Å². The number of amides is 2. The summed E-state index contributed by atoms with van der Waals surface area (Å²) in [6, 6.07) is 23.6. The Hall–Kier alpha value is -4.57. The van der Waals surface area contributed by atoms with Crippen LogP contribution < -0.4 is 16.0 Å². The number of rotatable bonds is 6. The molecular formula is C25H21N5O2. The predicted octanol–water partition coefficient (Wildman–Crippen LogP) is 5.11. The Kier molecular flexibility index (Phi) is 6.14. The zero-order valence-electron chi connectivity index (χ0n) is 17.2. The van der Waals surface area contributed by atoms with E-state index in [0.29, 0.717) is 29.0 Å². The highest BCUT2D eigenvalue weighted by Crippen LogP contribution is 2.28. The van der Waals surface area contributed by atoms with E-state index in [9.17, 15) is 15.2 Å². The Bertz CT molecular complexity index is 1280. The van der Waals surface area contributed by atoms with E-state index in [1.807, 2.05) is 54.6 Å². The molecule has 4 rings (SSSR count). The molecule has 0 aliphatic heterocycles. The van der Waals surface area contributed by atoms with Gasteiger partial charge in [0.1, 0.15) is 11.8 Å². The fourth-order valence-corrected chi connectivity index (χ4v) is 3.36. The van der Waals surface area contributed by atoms with Crippen molar-refractivity contribution in [3.63, 3.8) is 0 Å². The van der Waals surface area contributed by atoms with Gasteiger partial charge in [0.15, 0.2) is 0 Å². The van der Waals surface area contributed by atoms with E-state index >= 15 is 0 Å². The van der Waals surface area contributed by atoms with Gasteiger partial charge in [-0.25, -0.2) is 4.79 Å². The number of phenolic OH excluding ortho intramolecular Hbond substituents is 1. The van der Waals surface area contributed by atoms with Crippen LogP contribution in [0.2, 0.25) is 0 Å². The predicted molar refractivity (Wildman–Crippen MR) is 126 cm³/mol. The number of anilines is 3. The Morgan fingerprint density at radius 3 is 2.41 bits per heavy atom. The first-order chi connectivity index (χ1) is 15.6. The van der Waals surface area contributed by atoms with Crippen LogP contribution in [-0.4, -0.2) is 22.7 Å². The van der Waals surface area contributed by atoms with Crippen LogP contribution in [0.3, 0.4) is 0 Å². The number of para-hydroxylation sites is 1. The van der Waals surface area contributed by atoms with Gasteiger partial charge in [0.2, 0.25) is 0 Å². The van der Waals surface area contributed by atoms with Gasteiger partial charge in [0, 0.05) is 35.6 Å². The number of hydrogen-bond donors (Lipinski definition) is 4. The van der Waals surface area contributed by atoms with Gasteiger partial charge in [-0.15, -0.1) is 0 Å². The van der Waals surface area contributed by atoms with Crippen LogP contribution in [0.25, 0.3) is 10.9 Å². The molecule has 0 saturated carbocycles. The Labute approximate surface area is 185 Å². The van der Waals surface area contributed by atoms with Crippen molar-refractivity contribution in [2.75, 3.05) is 22.5 Å². The molecule has 0 aliphatic carbocycles. The quantitative estimate of drug-likeness (QED) is 0.344. The summed E-state index contributed by atoms with van der Waals surface area (Å²) in [5, 5.41) is 28.8. The number of pyridine rings is 1. The lowest BCUT2D eigenvalue weighted by atomic mass is 10.1. The molecule has 0 atom stereocenters. The molecule has 7 heteroatoms. The summed E-state index contributed by atoms with van der Waals surface area (Å²) in [7, 11) is 0. The van der Waals surface area contributed by atoms with E-state index in [-0.39, 0.29) is 11.8 Å². The number of hydrogen-bond acceptors (Lipinski definition) is 5. The standard InChI is InChI=1S/C25H21N5O2/c26-15-18-16-28-23-14-21(31)10-11-22(23)24(18)27-13-12-17-6-8-20(9-7-17)30-25(32)29-19-4-2-1-3-5-19/h1-11,14,16,31H,12-13H2,(H,27,28)(H2,29,30,32). The summed E-state index contributed by atoms with van der Waals surface area (Å²) in [5.74, 6) is 0.131. The SMILES string of the molecule is N#Cc1cnc2cc(O)ccc2c1NCCc1ccc(NC(=O)Nc2ccccc2)cc1. The highest BCUT2D eigenvalue weighted by atomic mass is 16.3. The van der Waals surface area contributed by atoms with Crippen molar-refractivity contribution in [1.82, 2.24) is 4.98 Å². The van der Waals surface area contributed by atoms with Crippen LogP contribution in [0.1, 0.15) is 11.1 Å². The van der Waals surface area contributed by atoms with Crippen molar-refractivity contribution in [3.8, 4) is 11.8 Å². The van der Waals surface area contributed by atoms with Crippen LogP contribution in [0, 0.1) is 11.3 Å². The molecule has 1 aromatic heterocycles. The molecule has 158 valence electrons. The molecular weight excluding hydrogens is 402 g/mol. The van der Waals surface area contributed by atoms with Crippen molar-refractivity contribution in [2.24, 2.45) is 0 Å². The van der Waals surface area contributed by atoms with Gasteiger partial charge in [0.05, 0.1) is 16.8 Å². The van der Waals surface area contributed by atoms with Gasteiger partial charge in [-0.1, -0.05) is 30.3 Å². The number of phenols is 1. The molecule has 1 heterocycles. The molecule has 0 aliphatic rings. The van der Waals surface area contributed by atoms with Crippen LogP contribution in [0.5, 0.6) is 5.75 Å². The zero-order chi connectivity index (χ0) is 22.3. The fourth-order valence-electron chi connectivity index (χ4n) is 3.36. The van der Waals surface area contributed by atoms with Gasteiger partial charge in [-0.2, -0.15) is 5.26 Å². The van der Waals surface area contributed by atoms with Gasteiger partial charge in [-0.3, -0.25) is 4.98 Å². The minimum Gasteiger partial charge on any atom is -0.508 e. The van der Waals surface area contributed by atoms with E-state index in [4.69, 9.17) is 0 Å². The fraction of sp³-hybridized carbons (Fsp3) is 0.0800. The molecule has 0 radical (unpaired) electrons. The number of carbonyl (C=O) groups excluding carboxylic acids is 1. The van der Waals surface area contributed by atoms with Gasteiger partial charge < -0.3 is 21.1 Å². The van der Waals surface area contributed by atoms with Crippen LogP contribution >= 0.6 is 0 Å². The molecule has 4 N–H and O–H groups in total. The monoisotopic (exact) mass is 423 g/mol. The molecule has 32 heavy (non-hydrogen) atoms. The molecule has 0 bridgehead atoms. The first-order valence-corrected chi connectivity index (χ1v) is 10.1. The maximum absolute atomic E-state index is 12.1. The Morgan fingerprint density at radius 1 is 0.969 bits per heavy atom. The second-order valence-electron chi connectivity index (χ2n) is 7.18. The average molecular weight is 423 g/mol. The number of nitrogens with one attached hydrogen (secondary N) is 3. The van der Waals surface area contributed by atoms with Crippen LogP contribution in [0.15, 0.2) is 79.0 Å². The smallest absolute Gasteiger partial charge is 0.323 e. The third kappa shape index (κ3) is 4.94. The number of aromatic nitrogens is 1. The first-order valence-electron chi connectivity index (χ1n) is 10.1. The Morgan fingerprint density at radius 2 is 1.69 bits per heavy atom. The number of nitriles is 1. The lowest BCUT2D eigenvalue weighted by molar-refractivity contribution is 0.262. The van der Waals surface area contributed by atoms with Crippen molar-refractivity contribution in [2.45, 2.75) is 6.42 Å². The van der Waals surface area contributed by atoms with Crippen LogP contribution in [0.4, 0.5) is 21.9 Å². The summed E-state index contributed by atoms with van der Waals surface area (Å²) in [6.07, 6.45) is 2.23. The molecule has 0 unspecified atom stereocenters. The number of fused-ring (bicyclic) bond motifs is 1. The zero-order valence-corrected chi connectivity index (χ0v) is 17.2. The minimum absolute atomic E-state index is 0.131. The molecule has 4 aromatic rings. The molecule has 2 amide bonds. The van der Waals surface area contributed by atoms with E-state index in [0.717, 1.165) is 23.1 Å². The summed E-state index contributed by atoms with van der Waals surface area (Å²) < 4.78 is 0. The largest absolute Gasteiger partial charge is 0.508 e. The summed E-state index contributed by atoms with van der Waals surface area (Å²) >= 11 is 0. The third-order valence-electron chi connectivity index (χ3n) is 4.93. The van der Waals surface area contributed by atoms with Crippen molar-refractivity contribution < 1.29 is 9.90 Å². The normalized spacial score (nSPS) is 10.3. The second-order valence-corrected chi connectivity index (χ2v) is 7.18. The second kappa shape index (κ2) is 9.49. The van der Waals surface area contributed by atoms with Crippen molar-refractivity contribution >= 4 is 34.0 Å². The molecule has 0 spiro atoms. The number of benzene rings is 3.